The molecular formula is C15H15N3OS. The van der Waals surface area contributed by atoms with Crippen molar-refractivity contribution < 1.29 is 4.74 Å². The van der Waals surface area contributed by atoms with E-state index in [0.29, 0.717) is 0 Å². The number of methoxy groups -OCH3 is 1. The van der Waals surface area contributed by atoms with Gasteiger partial charge in [-0.25, -0.2) is 4.68 Å². The maximum atomic E-state index is 5.36. The molecule has 0 aliphatic carbocycles. The summed E-state index contributed by atoms with van der Waals surface area (Å²) >= 11 is 1.74. The van der Waals surface area contributed by atoms with Crippen LogP contribution in [0.5, 0.6) is 5.75 Å². The standard InChI is InChI=1S/C15H15N3OS/c1-10-8-11(2)20-15(10)12-9-18(17-16-12)13-6-4-5-7-14(13)19-3/h4-9H,1-3H3. The lowest BCUT2D eigenvalue weighted by Gasteiger charge is -2.06. The molecular weight excluding hydrogens is 270 g/mol. The van der Waals surface area contributed by atoms with Gasteiger partial charge in [0.15, 0.2) is 0 Å². The zero-order chi connectivity index (χ0) is 14.1. The average molecular weight is 285 g/mol. The molecule has 0 aliphatic heterocycles. The van der Waals surface area contributed by atoms with Crippen LogP contribution in [0.4, 0.5) is 0 Å². The molecule has 3 rings (SSSR count). The first-order valence-corrected chi connectivity index (χ1v) is 7.14. The molecule has 0 unspecified atom stereocenters. The summed E-state index contributed by atoms with van der Waals surface area (Å²) in [7, 11) is 1.66. The van der Waals surface area contributed by atoms with Crippen molar-refractivity contribution in [1.82, 2.24) is 15.0 Å². The number of thiophene rings is 1. The number of para-hydroxylation sites is 2. The zero-order valence-corrected chi connectivity index (χ0v) is 12.4. The number of aryl methyl sites for hydroxylation is 2. The third-order valence-electron chi connectivity index (χ3n) is 3.10. The summed E-state index contributed by atoms with van der Waals surface area (Å²) in [6.45, 7) is 4.20. The van der Waals surface area contributed by atoms with E-state index in [1.807, 2.05) is 30.5 Å². The lowest BCUT2D eigenvalue weighted by molar-refractivity contribution is 0.411. The quantitative estimate of drug-likeness (QED) is 0.738. The molecule has 5 heteroatoms. The molecule has 0 saturated heterocycles. The fourth-order valence-corrected chi connectivity index (χ4v) is 3.18. The van der Waals surface area contributed by atoms with Gasteiger partial charge in [0.2, 0.25) is 0 Å². The molecule has 4 nitrogen and oxygen atoms in total. The van der Waals surface area contributed by atoms with Crippen LogP contribution < -0.4 is 4.74 Å². The van der Waals surface area contributed by atoms with Crippen LogP contribution in [-0.4, -0.2) is 22.1 Å². The topological polar surface area (TPSA) is 39.9 Å². The van der Waals surface area contributed by atoms with E-state index in [-0.39, 0.29) is 0 Å². The second kappa shape index (κ2) is 5.09. The monoisotopic (exact) mass is 285 g/mol. The Morgan fingerprint density at radius 3 is 2.70 bits per heavy atom. The molecule has 20 heavy (non-hydrogen) atoms. The highest BCUT2D eigenvalue weighted by Crippen LogP contribution is 2.31. The van der Waals surface area contributed by atoms with Gasteiger partial charge in [-0.15, -0.1) is 16.4 Å². The number of hydrogen-bond donors (Lipinski definition) is 0. The number of ether oxygens (including phenoxy) is 1. The fourth-order valence-electron chi connectivity index (χ4n) is 2.20. The van der Waals surface area contributed by atoms with Crippen LogP contribution in [0.25, 0.3) is 16.3 Å². The van der Waals surface area contributed by atoms with Crippen LogP contribution in [0.1, 0.15) is 10.4 Å². The van der Waals surface area contributed by atoms with Gasteiger partial charge in [0, 0.05) is 4.88 Å². The first kappa shape index (κ1) is 12.9. The van der Waals surface area contributed by atoms with Gasteiger partial charge < -0.3 is 4.74 Å². The maximum absolute atomic E-state index is 5.36. The van der Waals surface area contributed by atoms with Crippen molar-refractivity contribution in [2.24, 2.45) is 0 Å². The van der Waals surface area contributed by atoms with Gasteiger partial charge in [-0.3, -0.25) is 0 Å². The van der Waals surface area contributed by atoms with Crippen LogP contribution >= 0.6 is 11.3 Å². The Hall–Kier alpha value is -2.14. The van der Waals surface area contributed by atoms with E-state index in [4.69, 9.17) is 4.74 Å². The Labute approximate surface area is 121 Å². The van der Waals surface area contributed by atoms with Gasteiger partial charge in [-0.05, 0) is 37.6 Å². The third kappa shape index (κ3) is 2.20. The first-order chi connectivity index (χ1) is 9.69. The van der Waals surface area contributed by atoms with E-state index in [9.17, 15) is 0 Å². The molecule has 0 atom stereocenters. The van der Waals surface area contributed by atoms with E-state index < -0.39 is 0 Å². The van der Waals surface area contributed by atoms with Crippen molar-refractivity contribution in [1.29, 1.82) is 0 Å². The van der Waals surface area contributed by atoms with E-state index in [1.54, 1.807) is 23.1 Å². The van der Waals surface area contributed by atoms with E-state index in [0.717, 1.165) is 17.1 Å². The van der Waals surface area contributed by atoms with Crippen LogP contribution in [0, 0.1) is 13.8 Å². The normalized spacial score (nSPS) is 10.8. The second-order valence-corrected chi connectivity index (χ2v) is 5.85. The van der Waals surface area contributed by atoms with E-state index in [1.165, 1.54) is 15.3 Å². The van der Waals surface area contributed by atoms with Crippen LogP contribution in [0.15, 0.2) is 36.5 Å². The molecule has 0 radical (unpaired) electrons. The summed E-state index contributed by atoms with van der Waals surface area (Å²) in [5, 5.41) is 8.50. The Bertz CT molecular complexity index is 745. The molecule has 0 amide bonds. The molecule has 0 bridgehead atoms. The number of nitrogens with zero attached hydrogens (tertiary/aromatic N) is 3. The summed E-state index contributed by atoms with van der Waals surface area (Å²) < 4.78 is 7.11. The minimum absolute atomic E-state index is 0.781. The molecule has 102 valence electrons. The summed E-state index contributed by atoms with van der Waals surface area (Å²) in [6, 6.07) is 9.94. The van der Waals surface area contributed by atoms with Crippen molar-refractivity contribution in [2.45, 2.75) is 13.8 Å². The molecule has 1 aromatic carbocycles. The lowest BCUT2D eigenvalue weighted by atomic mass is 10.2. The molecule has 0 fully saturated rings. The predicted molar refractivity (Wildman–Crippen MR) is 80.7 cm³/mol. The Balaban J connectivity index is 2.04. The molecule has 3 aromatic rings. The number of hydrogen-bond acceptors (Lipinski definition) is 4. The molecule has 0 spiro atoms. The minimum atomic E-state index is 0.781. The molecule has 0 saturated carbocycles. The number of rotatable bonds is 3. The van der Waals surface area contributed by atoms with Gasteiger partial charge in [-0.2, -0.15) is 0 Å². The van der Waals surface area contributed by atoms with Gasteiger partial charge in [0.05, 0.1) is 18.2 Å². The summed E-state index contributed by atoms with van der Waals surface area (Å²) in [5.41, 5.74) is 3.02. The maximum Gasteiger partial charge on any atom is 0.144 e. The van der Waals surface area contributed by atoms with Crippen molar-refractivity contribution in [3.05, 3.63) is 47.0 Å². The van der Waals surface area contributed by atoms with Crippen molar-refractivity contribution in [2.75, 3.05) is 7.11 Å². The number of benzene rings is 1. The SMILES string of the molecule is COc1ccccc1-n1cc(-c2sc(C)cc2C)nn1. The summed E-state index contributed by atoms with van der Waals surface area (Å²) in [5.74, 6) is 0.781. The summed E-state index contributed by atoms with van der Waals surface area (Å²) in [4.78, 5) is 2.45. The fraction of sp³-hybridized carbons (Fsp3) is 0.200. The predicted octanol–water partition coefficient (Wildman–Crippen LogP) is 3.62. The Morgan fingerprint density at radius 1 is 1.20 bits per heavy atom. The molecule has 0 N–H and O–H groups in total. The molecule has 0 aliphatic rings. The van der Waals surface area contributed by atoms with Crippen molar-refractivity contribution in [3.63, 3.8) is 0 Å². The highest BCUT2D eigenvalue weighted by Gasteiger charge is 2.12. The van der Waals surface area contributed by atoms with Gasteiger partial charge in [0.1, 0.15) is 17.1 Å². The van der Waals surface area contributed by atoms with E-state index in [2.05, 4.69) is 30.2 Å². The van der Waals surface area contributed by atoms with Gasteiger partial charge in [0.25, 0.3) is 0 Å². The van der Waals surface area contributed by atoms with Gasteiger partial charge in [-0.1, -0.05) is 17.3 Å². The largest absolute Gasteiger partial charge is 0.494 e. The second-order valence-electron chi connectivity index (χ2n) is 4.59. The molecule has 2 aromatic heterocycles. The van der Waals surface area contributed by atoms with Crippen LogP contribution in [0.3, 0.4) is 0 Å². The number of aromatic nitrogens is 3. The summed E-state index contributed by atoms with van der Waals surface area (Å²) in [6.07, 6.45) is 1.94. The first-order valence-electron chi connectivity index (χ1n) is 6.32. The van der Waals surface area contributed by atoms with Crippen LogP contribution in [0.2, 0.25) is 0 Å². The Morgan fingerprint density at radius 2 is 2.00 bits per heavy atom. The highest BCUT2D eigenvalue weighted by atomic mass is 32.1. The lowest BCUT2D eigenvalue weighted by Crippen LogP contribution is -1.98. The van der Waals surface area contributed by atoms with Crippen molar-refractivity contribution >= 4 is 11.3 Å². The highest BCUT2D eigenvalue weighted by molar-refractivity contribution is 7.15. The van der Waals surface area contributed by atoms with Crippen molar-refractivity contribution in [3.8, 4) is 22.0 Å². The minimum Gasteiger partial charge on any atom is -0.494 e. The Kier molecular flexibility index (Phi) is 3.28. The van der Waals surface area contributed by atoms with Gasteiger partial charge >= 0.3 is 0 Å². The van der Waals surface area contributed by atoms with E-state index >= 15 is 0 Å². The smallest absolute Gasteiger partial charge is 0.144 e. The molecule has 2 heterocycles. The van der Waals surface area contributed by atoms with Crippen LogP contribution in [-0.2, 0) is 0 Å². The zero-order valence-electron chi connectivity index (χ0n) is 11.6. The average Bonchev–Trinajstić information content (AvgIpc) is 3.05. The third-order valence-corrected chi connectivity index (χ3v) is 4.27.